The highest BCUT2D eigenvalue weighted by atomic mass is 16.5. The summed E-state index contributed by atoms with van der Waals surface area (Å²) < 4.78 is 5.25. The number of aryl methyl sites for hydroxylation is 1. The lowest BCUT2D eigenvalue weighted by atomic mass is 10.00. The van der Waals surface area contributed by atoms with Gasteiger partial charge in [0.05, 0.1) is 13.5 Å². The van der Waals surface area contributed by atoms with Crippen molar-refractivity contribution in [2.45, 2.75) is 45.3 Å². The molecule has 0 aliphatic carbocycles. The molecule has 1 saturated heterocycles. The molecule has 0 radical (unpaired) electrons. The maximum atomic E-state index is 13.5. The van der Waals surface area contributed by atoms with Crippen molar-refractivity contribution in [3.63, 3.8) is 0 Å². The number of hydrogen-bond acceptors (Lipinski definition) is 4. The van der Waals surface area contributed by atoms with E-state index in [0.29, 0.717) is 18.7 Å². The average molecular weight is 459 g/mol. The molecule has 1 aliphatic rings. The Morgan fingerprint density at radius 1 is 0.912 bits per heavy atom. The highest BCUT2D eigenvalue weighted by Crippen LogP contribution is 2.23. The number of phenolic OH excluding ortho intramolecular Hbond substituents is 1. The minimum atomic E-state index is 0.169. The first-order chi connectivity index (χ1) is 16.5. The maximum absolute atomic E-state index is 13.5. The third-order valence-electron chi connectivity index (χ3n) is 6.65. The van der Waals surface area contributed by atoms with Crippen molar-refractivity contribution in [1.29, 1.82) is 0 Å². The van der Waals surface area contributed by atoms with Crippen molar-refractivity contribution in [2.75, 3.05) is 20.2 Å². The number of likely N-dealkylation sites (tertiary alicyclic amines) is 1. The van der Waals surface area contributed by atoms with E-state index in [-0.39, 0.29) is 11.9 Å². The second-order valence-electron chi connectivity index (χ2n) is 9.21. The Balaban J connectivity index is 1.43. The Bertz CT molecular complexity index is 1050. The molecular weight excluding hydrogens is 424 g/mol. The number of phenols is 1. The van der Waals surface area contributed by atoms with E-state index in [2.05, 4.69) is 41.0 Å². The summed E-state index contributed by atoms with van der Waals surface area (Å²) in [7, 11) is 1.65. The standard InChI is InChI=1S/C29H34N2O3/c1-22-3-5-25(6-4-22)21-31(29(33)19-23-9-13-28(34-2)14-10-23)26-15-17-30(18-16-26)20-24-7-11-27(32)12-8-24/h3-14,26,32H,15-21H2,1-2H3. The van der Waals surface area contributed by atoms with Gasteiger partial charge in [0.2, 0.25) is 5.91 Å². The Morgan fingerprint density at radius 2 is 1.50 bits per heavy atom. The first-order valence-corrected chi connectivity index (χ1v) is 12.0. The Labute approximate surface area is 202 Å². The molecule has 0 atom stereocenters. The van der Waals surface area contributed by atoms with Crippen LogP contribution in [-0.2, 0) is 24.3 Å². The van der Waals surface area contributed by atoms with E-state index in [1.165, 1.54) is 16.7 Å². The smallest absolute Gasteiger partial charge is 0.227 e. The molecule has 1 aliphatic heterocycles. The van der Waals surface area contributed by atoms with Crippen LogP contribution in [0, 0.1) is 6.92 Å². The monoisotopic (exact) mass is 458 g/mol. The SMILES string of the molecule is COc1ccc(CC(=O)N(Cc2ccc(C)cc2)C2CCN(Cc3ccc(O)cc3)CC2)cc1. The maximum Gasteiger partial charge on any atom is 0.227 e. The summed E-state index contributed by atoms with van der Waals surface area (Å²) in [5, 5.41) is 9.52. The number of rotatable bonds is 8. The molecule has 0 aromatic heterocycles. The van der Waals surface area contributed by atoms with Gasteiger partial charge in [0, 0.05) is 32.2 Å². The molecule has 3 aromatic carbocycles. The second-order valence-corrected chi connectivity index (χ2v) is 9.21. The largest absolute Gasteiger partial charge is 0.508 e. The number of ether oxygens (including phenoxy) is 1. The van der Waals surface area contributed by atoms with E-state index < -0.39 is 0 Å². The molecule has 3 aromatic rings. The Morgan fingerprint density at radius 3 is 2.12 bits per heavy atom. The van der Waals surface area contributed by atoms with Crippen LogP contribution in [0.3, 0.4) is 0 Å². The van der Waals surface area contributed by atoms with Crippen LogP contribution in [0.4, 0.5) is 0 Å². The number of aromatic hydroxyl groups is 1. The van der Waals surface area contributed by atoms with Gasteiger partial charge in [-0.15, -0.1) is 0 Å². The summed E-state index contributed by atoms with van der Waals surface area (Å²) in [4.78, 5) is 18.0. The van der Waals surface area contributed by atoms with Gasteiger partial charge in [-0.05, 0) is 60.7 Å². The van der Waals surface area contributed by atoms with E-state index in [1.807, 2.05) is 36.4 Å². The number of carbonyl (C=O) groups is 1. The van der Waals surface area contributed by atoms with Crippen molar-refractivity contribution in [1.82, 2.24) is 9.80 Å². The zero-order valence-electron chi connectivity index (χ0n) is 20.1. The fourth-order valence-corrected chi connectivity index (χ4v) is 4.58. The molecule has 1 heterocycles. The molecule has 1 N–H and O–H groups in total. The Hall–Kier alpha value is -3.31. The molecule has 0 saturated carbocycles. The van der Waals surface area contributed by atoms with E-state index >= 15 is 0 Å². The highest BCUT2D eigenvalue weighted by Gasteiger charge is 2.28. The first kappa shape index (κ1) is 23.8. The molecule has 1 amide bonds. The number of methoxy groups -OCH3 is 1. The van der Waals surface area contributed by atoms with Crippen molar-refractivity contribution in [3.05, 3.63) is 95.1 Å². The third-order valence-corrected chi connectivity index (χ3v) is 6.65. The van der Waals surface area contributed by atoms with Crippen LogP contribution in [0.1, 0.15) is 35.1 Å². The second kappa shape index (κ2) is 11.2. The van der Waals surface area contributed by atoms with E-state index in [4.69, 9.17) is 4.74 Å². The predicted molar refractivity (Wildman–Crippen MR) is 135 cm³/mol. The summed E-state index contributed by atoms with van der Waals surface area (Å²) in [6, 6.07) is 23.9. The van der Waals surface area contributed by atoms with Crippen LogP contribution in [0.25, 0.3) is 0 Å². The highest BCUT2D eigenvalue weighted by molar-refractivity contribution is 5.79. The van der Waals surface area contributed by atoms with E-state index in [0.717, 1.165) is 43.8 Å². The average Bonchev–Trinajstić information content (AvgIpc) is 2.86. The van der Waals surface area contributed by atoms with Crippen LogP contribution < -0.4 is 4.74 Å². The van der Waals surface area contributed by atoms with Crippen molar-refractivity contribution in [3.8, 4) is 11.5 Å². The number of hydrogen-bond donors (Lipinski definition) is 1. The molecular formula is C29H34N2O3. The zero-order valence-corrected chi connectivity index (χ0v) is 20.1. The molecule has 0 spiro atoms. The topological polar surface area (TPSA) is 53.0 Å². The van der Waals surface area contributed by atoms with Gasteiger partial charge in [-0.1, -0.05) is 54.1 Å². The normalized spacial score (nSPS) is 14.6. The van der Waals surface area contributed by atoms with Crippen LogP contribution in [-0.4, -0.2) is 47.1 Å². The zero-order chi connectivity index (χ0) is 23.9. The summed E-state index contributed by atoms with van der Waals surface area (Å²) in [6.07, 6.45) is 2.31. The summed E-state index contributed by atoms with van der Waals surface area (Å²) in [6.45, 7) is 5.49. The lowest BCUT2D eigenvalue weighted by molar-refractivity contribution is -0.134. The molecule has 1 fully saturated rings. The van der Waals surface area contributed by atoms with E-state index in [1.54, 1.807) is 19.2 Å². The molecule has 178 valence electrons. The van der Waals surface area contributed by atoms with Gasteiger partial charge >= 0.3 is 0 Å². The van der Waals surface area contributed by atoms with Gasteiger partial charge < -0.3 is 14.7 Å². The number of benzene rings is 3. The van der Waals surface area contributed by atoms with Crippen LogP contribution in [0.2, 0.25) is 0 Å². The molecule has 0 unspecified atom stereocenters. The molecule has 34 heavy (non-hydrogen) atoms. The van der Waals surface area contributed by atoms with Gasteiger partial charge in [-0.3, -0.25) is 9.69 Å². The van der Waals surface area contributed by atoms with Crippen LogP contribution in [0.5, 0.6) is 11.5 Å². The Kier molecular flexibility index (Phi) is 7.86. The number of amides is 1. The quantitative estimate of drug-likeness (QED) is 0.519. The van der Waals surface area contributed by atoms with Crippen LogP contribution in [0.15, 0.2) is 72.8 Å². The van der Waals surface area contributed by atoms with Gasteiger partial charge in [-0.2, -0.15) is 0 Å². The number of nitrogens with zero attached hydrogens (tertiary/aromatic N) is 2. The lowest BCUT2D eigenvalue weighted by Gasteiger charge is -2.39. The molecule has 5 heteroatoms. The molecule has 0 bridgehead atoms. The van der Waals surface area contributed by atoms with Gasteiger partial charge in [0.25, 0.3) is 0 Å². The number of carbonyl (C=O) groups excluding carboxylic acids is 1. The number of piperidine rings is 1. The fraction of sp³-hybridized carbons (Fsp3) is 0.345. The fourth-order valence-electron chi connectivity index (χ4n) is 4.58. The minimum absolute atomic E-state index is 0.169. The van der Waals surface area contributed by atoms with Crippen molar-refractivity contribution in [2.24, 2.45) is 0 Å². The lowest BCUT2D eigenvalue weighted by Crippen LogP contribution is -2.47. The summed E-state index contributed by atoms with van der Waals surface area (Å²) in [5.41, 5.74) is 4.59. The van der Waals surface area contributed by atoms with Gasteiger partial charge in [0.1, 0.15) is 11.5 Å². The summed E-state index contributed by atoms with van der Waals surface area (Å²) >= 11 is 0. The minimum Gasteiger partial charge on any atom is -0.508 e. The third kappa shape index (κ3) is 6.39. The van der Waals surface area contributed by atoms with Gasteiger partial charge in [-0.25, -0.2) is 0 Å². The van der Waals surface area contributed by atoms with Crippen molar-refractivity contribution >= 4 is 5.91 Å². The predicted octanol–water partition coefficient (Wildman–Crippen LogP) is 4.95. The van der Waals surface area contributed by atoms with E-state index in [9.17, 15) is 9.90 Å². The molecule has 5 nitrogen and oxygen atoms in total. The molecule has 4 rings (SSSR count). The first-order valence-electron chi connectivity index (χ1n) is 12.0. The van der Waals surface area contributed by atoms with Gasteiger partial charge in [0.15, 0.2) is 0 Å². The van der Waals surface area contributed by atoms with Crippen LogP contribution >= 0.6 is 0 Å². The van der Waals surface area contributed by atoms with Crippen molar-refractivity contribution < 1.29 is 14.6 Å². The summed E-state index contributed by atoms with van der Waals surface area (Å²) in [5.74, 6) is 1.26.